The monoisotopic (exact) mass is 274 g/mol. The first-order valence-electron chi connectivity index (χ1n) is 6.15. The zero-order chi connectivity index (χ0) is 13.8. The van der Waals surface area contributed by atoms with Crippen LogP contribution >= 0.6 is 11.3 Å². The number of ether oxygens (including phenoxy) is 1. The molecule has 3 nitrogen and oxygen atoms in total. The highest BCUT2D eigenvalue weighted by molar-refractivity contribution is 7.11. The molecule has 0 atom stereocenters. The van der Waals surface area contributed by atoms with Crippen LogP contribution in [0.1, 0.15) is 21.1 Å². The fraction of sp³-hybridized carbons (Fsp3) is 0.267. The first kappa shape index (κ1) is 13.6. The van der Waals surface area contributed by atoms with Crippen LogP contribution in [0.15, 0.2) is 30.9 Å². The Bertz CT molecular complexity index is 570. The Hall–Kier alpha value is -1.81. The second-order valence-electron chi connectivity index (χ2n) is 4.40. The Morgan fingerprint density at radius 1 is 1.42 bits per heavy atom. The molecule has 0 aliphatic carbocycles. The van der Waals surface area contributed by atoms with Crippen LogP contribution in [-0.2, 0) is 13.0 Å². The Kier molecular flexibility index (Phi) is 4.22. The molecule has 1 heterocycles. The van der Waals surface area contributed by atoms with Crippen LogP contribution in [0, 0.1) is 13.8 Å². The minimum Gasteiger partial charge on any atom is -0.486 e. The van der Waals surface area contributed by atoms with E-state index in [0.717, 1.165) is 34.1 Å². The number of anilines is 1. The minimum atomic E-state index is 0.493. The molecule has 1 aromatic carbocycles. The normalized spacial score (nSPS) is 10.4. The molecular formula is C15H18N2OS. The average Bonchev–Trinajstić information content (AvgIpc) is 2.68. The summed E-state index contributed by atoms with van der Waals surface area (Å²) in [5.41, 5.74) is 8.66. The van der Waals surface area contributed by atoms with Crippen molar-refractivity contribution in [2.24, 2.45) is 0 Å². The van der Waals surface area contributed by atoms with Gasteiger partial charge in [0, 0.05) is 10.6 Å². The topological polar surface area (TPSA) is 48.1 Å². The van der Waals surface area contributed by atoms with Crippen LogP contribution < -0.4 is 10.5 Å². The van der Waals surface area contributed by atoms with Crippen LogP contribution in [0.5, 0.6) is 5.75 Å². The molecule has 0 spiro atoms. The van der Waals surface area contributed by atoms with Crippen molar-refractivity contribution in [3.05, 3.63) is 52.0 Å². The third-order valence-electron chi connectivity index (χ3n) is 2.87. The highest BCUT2D eigenvalue weighted by Crippen LogP contribution is 2.24. The Morgan fingerprint density at radius 2 is 2.21 bits per heavy atom. The molecule has 0 bridgehead atoms. The van der Waals surface area contributed by atoms with Crippen molar-refractivity contribution in [1.29, 1.82) is 0 Å². The zero-order valence-electron chi connectivity index (χ0n) is 11.3. The van der Waals surface area contributed by atoms with Gasteiger partial charge in [-0.25, -0.2) is 4.98 Å². The molecule has 2 aromatic rings. The number of thiazole rings is 1. The van der Waals surface area contributed by atoms with Gasteiger partial charge in [-0.05, 0) is 44.0 Å². The Labute approximate surface area is 117 Å². The van der Waals surface area contributed by atoms with E-state index >= 15 is 0 Å². The molecule has 0 aliphatic rings. The number of nitrogens with two attached hydrogens (primary N) is 1. The highest BCUT2D eigenvalue weighted by atomic mass is 32.1. The number of allylic oxidation sites excluding steroid dienone is 1. The number of aryl methyl sites for hydroxylation is 2. The maximum Gasteiger partial charge on any atom is 0.140 e. The van der Waals surface area contributed by atoms with Crippen LogP contribution in [0.3, 0.4) is 0 Å². The van der Waals surface area contributed by atoms with Gasteiger partial charge < -0.3 is 10.5 Å². The minimum absolute atomic E-state index is 0.493. The predicted octanol–water partition coefficient (Wildman–Crippen LogP) is 3.65. The van der Waals surface area contributed by atoms with E-state index in [0.29, 0.717) is 6.61 Å². The summed E-state index contributed by atoms with van der Waals surface area (Å²) in [6.45, 7) is 8.33. The summed E-state index contributed by atoms with van der Waals surface area (Å²) in [6.07, 6.45) is 2.59. The second kappa shape index (κ2) is 5.89. The summed E-state index contributed by atoms with van der Waals surface area (Å²) < 4.78 is 5.84. The van der Waals surface area contributed by atoms with Crippen molar-refractivity contribution < 1.29 is 4.74 Å². The molecule has 19 heavy (non-hydrogen) atoms. The Balaban J connectivity index is 2.12. The van der Waals surface area contributed by atoms with Gasteiger partial charge in [0.1, 0.15) is 17.4 Å². The number of nitrogens with zero attached hydrogens (tertiary/aromatic N) is 1. The van der Waals surface area contributed by atoms with Crippen LogP contribution in [-0.4, -0.2) is 4.98 Å². The fourth-order valence-corrected chi connectivity index (χ4v) is 2.64. The lowest BCUT2D eigenvalue weighted by Gasteiger charge is -2.10. The van der Waals surface area contributed by atoms with Crippen LogP contribution in [0.4, 0.5) is 5.69 Å². The zero-order valence-corrected chi connectivity index (χ0v) is 12.1. The van der Waals surface area contributed by atoms with E-state index in [2.05, 4.69) is 18.5 Å². The molecule has 100 valence electrons. The number of benzene rings is 1. The largest absolute Gasteiger partial charge is 0.486 e. The standard InChI is InChI=1S/C15H18N2OS/c1-4-5-12-8-13(16)6-7-14(12)18-9-15-17-10(2)11(3)19-15/h4,6-8H,1,5,9,16H2,2-3H3. The third kappa shape index (κ3) is 3.35. The van der Waals surface area contributed by atoms with Gasteiger partial charge in [-0.2, -0.15) is 0 Å². The van der Waals surface area contributed by atoms with Gasteiger partial charge in [0.05, 0.1) is 5.69 Å². The summed E-state index contributed by atoms with van der Waals surface area (Å²) in [5.74, 6) is 0.847. The molecule has 0 aliphatic heterocycles. The van der Waals surface area contributed by atoms with Gasteiger partial charge in [0.15, 0.2) is 0 Å². The molecule has 0 saturated carbocycles. The number of rotatable bonds is 5. The molecule has 0 saturated heterocycles. The van der Waals surface area contributed by atoms with E-state index in [1.807, 2.05) is 31.2 Å². The summed E-state index contributed by atoms with van der Waals surface area (Å²) >= 11 is 1.68. The first-order valence-corrected chi connectivity index (χ1v) is 6.97. The van der Waals surface area contributed by atoms with Gasteiger partial charge >= 0.3 is 0 Å². The predicted molar refractivity (Wildman–Crippen MR) is 80.7 cm³/mol. The maximum absolute atomic E-state index is 5.84. The van der Waals surface area contributed by atoms with Crippen molar-refractivity contribution in [3.63, 3.8) is 0 Å². The van der Waals surface area contributed by atoms with Gasteiger partial charge in [0.2, 0.25) is 0 Å². The van der Waals surface area contributed by atoms with E-state index in [4.69, 9.17) is 10.5 Å². The molecule has 0 radical (unpaired) electrons. The van der Waals surface area contributed by atoms with Crippen molar-refractivity contribution in [1.82, 2.24) is 4.98 Å². The molecular weight excluding hydrogens is 256 g/mol. The smallest absolute Gasteiger partial charge is 0.140 e. The number of aromatic nitrogens is 1. The SMILES string of the molecule is C=CCc1cc(N)ccc1OCc1nc(C)c(C)s1. The molecule has 0 unspecified atom stereocenters. The van der Waals surface area contributed by atoms with E-state index < -0.39 is 0 Å². The number of hydrogen-bond acceptors (Lipinski definition) is 4. The average molecular weight is 274 g/mol. The van der Waals surface area contributed by atoms with E-state index in [1.165, 1.54) is 4.88 Å². The lowest BCUT2D eigenvalue weighted by atomic mass is 10.1. The molecule has 4 heteroatoms. The van der Waals surface area contributed by atoms with Crippen molar-refractivity contribution in [3.8, 4) is 5.75 Å². The van der Waals surface area contributed by atoms with Gasteiger partial charge in [-0.15, -0.1) is 17.9 Å². The summed E-state index contributed by atoms with van der Waals surface area (Å²) in [5, 5.41) is 0.997. The molecule has 0 amide bonds. The fourth-order valence-electron chi connectivity index (χ4n) is 1.80. The number of nitrogen functional groups attached to an aromatic ring is 1. The maximum atomic E-state index is 5.84. The first-order chi connectivity index (χ1) is 9.10. The lowest BCUT2D eigenvalue weighted by molar-refractivity contribution is 0.303. The molecule has 0 fully saturated rings. The Morgan fingerprint density at radius 3 is 2.84 bits per heavy atom. The van der Waals surface area contributed by atoms with E-state index in [-0.39, 0.29) is 0 Å². The van der Waals surface area contributed by atoms with E-state index in [1.54, 1.807) is 11.3 Å². The second-order valence-corrected chi connectivity index (χ2v) is 5.69. The van der Waals surface area contributed by atoms with Crippen molar-refractivity contribution in [2.45, 2.75) is 26.9 Å². The van der Waals surface area contributed by atoms with Crippen LogP contribution in [0.25, 0.3) is 0 Å². The van der Waals surface area contributed by atoms with E-state index in [9.17, 15) is 0 Å². The van der Waals surface area contributed by atoms with Gasteiger partial charge in [0.25, 0.3) is 0 Å². The van der Waals surface area contributed by atoms with Crippen molar-refractivity contribution >= 4 is 17.0 Å². The van der Waals surface area contributed by atoms with Gasteiger partial charge in [-0.3, -0.25) is 0 Å². The summed E-state index contributed by atoms with van der Waals surface area (Å²) in [4.78, 5) is 5.71. The summed E-state index contributed by atoms with van der Waals surface area (Å²) in [7, 11) is 0. The quantitative estimate of drug-likeness (QED) is 0.668. The number of hydrogen-bond donors (Lipinski definition) is 1. The van der Waals surface area contributed by atoms with Gasteiger partial charge in [-0.1, -0.05) is 6.08 Å². The summed E-state index contributed by atoms with van der Waals surface area (Å²) in [6, 6.07) is 5.68. The molecule has 2 N–H and O–H groups in total. The van der Waals surface area contributed by atoms with Crippen LogP contribution in [0.2, 0.25) is 0 Å². The third-order valence-corrected chi connectivity index (χ3v) is 3.92. The lowest BCUT2D eigenvalue weighted by Crippen LogP contribution is -1.99. The van der Waals surface area contributed by atoms with Crippen molar-refractivity contribution in [2.75, 3.05) is 5.73 Å². The molecule has 2 rings (SSSR count). The highest BCUT2D eigenvalue weighted by Gasteiger charge is 2.07. The molecule has 1 aromatic heterocycles.